The van der Waals surface area contributed by atoms with Gasteiger partial charge in [0.2, 0.25) is 6.41 Å². The fourth-order valence-electron chi connectivity index (χ4n) is 7.37. The zero-order valence-corrected chi connectivity index (χ0v) is 23.5. The van der Waals surface area contributed by atoms with Crippen molar-refractivity contribution in [3.8, 4) is 0 Å². The minimum absolute atomic E-state index is 0.125. The van der Waals surface area contributed by atoms with Gasteiger partial charge in [-0.1, -0.05) is 12.8 Å². The number of esters is 2. The Morgan fingerprint density at radius 1 is 0.842 bits per heavy atom. The number of nitrogens with one attached hydrogen (secondary N) is 1. The summed E-state index contributed by atoms with van der Waals surface area (Å²) in [6.07, 6.45) is 10.8. The van der Waals surface area contributed by atoms with Gasteiger partial charge in [-0.15, -0.1) is 0 Å². The first-order valence-corrected chi connectivity index (χ1v) is 14.6. The molecule has 9 nitrogen and oxygen atoms in total. The second-order valence-electron chi connectivity index (χ2n) is 11.2. The van der Waals surface area contributed by atoms with Gasteiger partial charge in [-0.3, -0.25) is 9.59 Å². The molecule has 38 heavy (non-hydrogen) atoms. The van der Waals surface area contributed by atoms with E-state index < -0.39 is 6.04 Å². The SMILES string of the molecule is CCOC(=O)[C@@H](CC=O)[C@H]1C[C@@H](C)O[C@H]2CCC[C@@H]12.CCOC(=O)[C@@H](NC=O)[C@@H]1C[C@@H](C)O[C@H]2CCC[C@@H]12. The molecular weight excluding hydrogens is 490 g/mol. The number of carbonyl (C=O) groups excluding carboxylic acids is 4. The largest absolute Gasteiger partial charge is 0.466 e. The molecule has 4 aliphatic rings. The predicted molar refractivity (Wildman–Crippen MR) is 140 cm³/mol. The van der Waals surface area contributed by atoms with Gasteiger partial charge in [-0.05, 0) is 89.9 Å². The molecule has 9 heteroatoms. The summed E-state index contributed by atoms with van der Waals surface area (Å²) < 4.78 is 22.2. The predicted octanol–water partition coefficient (Wildman–Crippen LogP) is 3.61. The summed E-state index contributed by atoms with van der Waals surface area (Å²) in [7, 11) is 0. The normalized spacial score (nSPS) is 35.4. The average molecular weight is 538 g/mol. The van der Waals surface area contributed by atoms with Gasteiger partial charge in [0.15, 0.2) is 0 Å². The van der Waals surface area contributed by atoms with Crippen molar-refractivity contribution < 1.29 is 38.1 Å². The van der Waals surface area contributed by atoms with Crippen molar-refractivity contribution >= 4 is 24.6 Å². The van der Waals surface area contributed by atoms with Crippen molar-refractivity contribution in [1.82, 2.24) is 5.32 Å². The molecule has 2 saturated carbocycles. The van der Waals surface area contributed by atoms with Gasteiger partial charge in [0, 0.05) is 6.42 Å². The van der Waals surface area contributed by atoms with Crippen molar-refractivity contribution in [3.05, 3.63) is 0 Å². The van der Waals surface area contributed by atoms with Gasteiger partial charge in [-0.25, -0.2) is 4.79 Å². The third-order valence-electron chi connectivity index (χ3n) is 8.80. The number of ether oxygens (including phenoxy) is 4. The Labute approximate surface area is 227 Å². The van der Waals surface area contributed by atoms with E-state index in [1.54, 1.807) is 13.8 Å². The first kappa shape index (κ1) is 30.5. The van der Waals surface area contributed by atoms with Gasteiger partial charge >= 0.3 is 11.9 Å². The van der Waals surface area contributed by atoms with Gasteiger partial charge in [0.1, 0.15) is 12.3 Å². The molecule has 0 bridgehead atoms. The second kappa shape index (κ2) is 15.0. The van der Waals surface area contributed by atoms with Crippen molar-refractivity contribution in [2.45, 2.75) is 116 Å². The first-order chi connectivity index (χ1) is 18.3. The molecular formula is C29H47NO8. The highest BCUT2D eigenvalue weighted by Crippen LogP contribution is 2.45. The second-order valence-corrected chi connectivity index (χ2v) is 11.2. The van der Waals surface area contributed by atoms with E-state index in [0.717, 1.165) is 57.7 Å². The van der Waals surface area contributed by atoms with Crippen LogP contribution in [0.1, 0.15) is 85.5 Å². The van der Waals surface area contributed by atoms with Crippen LogP contribution < -0.4 is 5.32 Å². The maximum Gasteiger partial charge on any atom is 0.328 e. The lowest BCUT2D eigenvalue weighted by molar-refractivity contribution is -0.158. The van der Waals surface area contributed by atoms with Crippen molar-refractivity contribution in [2.24, 2.45) is 29.6 Å². The maximum absolute atomic E-state index is 12.1. The molecule has 0 spiro atoms. The molecule has 0 aromatic heterocycles. The fraction of sp³-hybridized carbons (Fsp3) is 0.862. The van der Waals surface area contributed by atoms with Crippen LogP contribution >= 0.6 is 0 Å². The van der Waals surface area contributed by atoms with Crippen LogP contribution in [-0.2, 0) is 38.1 Å². The Morgan fingerprint density at radius 3 is 1.89 bits per heavy atom. The monoisotopic (exact) mass is 537 g/mol. The summed E-state index contributed by atoms with van der Waals surface area (Å²) in [4.78, 5) is 45.8. The molecule has 4 fully saturated rings. The number of carbonyl (C=O) groups is 4. The summed E-state index contributed by atoms with van der Waals surface area (Å²) in [5, 5.41) is 2.66. The summed E-state index contributed by atoms with van der Waals surface area (Å²) in [6, 6.07) is -0.533. The van der Waals surface area contributed by atoms with Crippen molar-refractivity contribution in [2.75, 3.05) is 13.2 Å². The Bertz CT molecular complexity index is 727. The van der Waals surface area contributed by atoms with Crippen LogP contribution in [0.4, 0.5) is 0 Å². The molecule has 4 rings (SSSR count). The number of amides is 1. The molecule has 2 heterocycles. The number of hydrogen-bond acceptors (Lipinski definition) is 8. The Balaban J connectivity index is 0.000000211. The van der Waals surface area contributed by atoms with Crippen LogP contribution in [0.5, 0.6) is 0 Å². The molecule has 2 saturated heterocycles. The lowest BCUT2D eigenvalue weighted by atomic mass is 9.73. The quantitative estimate of drug-likeness (QED) is 0.332. The lowest BCUT2D eigenvalue weighted by Gasteiger charge is -2.40. The van der Waals surface area contributed by atoms with Gasteiger partial charge in [0.25, 0.3) is 0 Å². The standard InChI is InChI=1S/C15H24O4.C14H23NO4/c1-3-18-15(17)12(7-8-16)13-9-10(2)19-14-6-4-5-11(13)14;1-3-18-14(17)13(15-8-16)11-7-9(2)19-12-6-4-5-10(11)12/h8,10-14H,3-7,9H2,1-2H3;8-13H,3-7H2,1-2H3,(H,15,16)/t10-,11+,12+,13+,14+;9-,10+,11-,12+,13+/m11/s1. The molecule has 0 aromatic carbocycles. The number of hydrogen-bond donors (Lipinski definition) is 1. The van der Waals surface area contributed by atoms with Crippen LogP contribution in [0.3, 0.4) is 0 Å². The number of fused-ring (bicyclic) bond motifs is 2. The molecule has 2 aliphatic heterocycles. The Kier molecular flexibility index (Phi) is 12.0. The highest BCUT2D eigenvalue weighted by atomic mass is 16.5. The summed E-state index contributed by atoms with van der Waals surface area (Å²) in [5.74, 6) is 0.331. The van der Waals surface area contributed by atoms with Crippen LogP contribution in [0.25, 0.3) is 0 Å². The third-order valence-corrected chi connectivity index (χ3v) is 8.80. The van der Waals surface area contributed by atoms with Crippen molar-refractivity contribution in [1.29, 1.82) is 0 Å². The van der Waals surface area contributed by atoms with E-state index in [1.807, 2.05) is 6.92 Å². The molecule has 10 atom stereocenters. The van der Waals surface area contributed by atoms with E-state index in [4.69, 9.17) is 18.9 Å². The van der Waals surface area contributed by atoms with E-state index in [-0.39, 0.29) is 60.5 Å². The van der Waals surface area contributed by atoms with E-state index in [2.05, 4.69) is 12.2 Å². The molecule has 1 amide bonds. The highest BCUT2D eigenvalue weighted by molar-refractivity contribution is 5.78. The highest BCUT2D eigenvalue weighted by Gasteiger charge is 2.47. The van der Waals surface area contributed by atoms with E-state index in [0.29, 0.717) is 31.5 Å². The van der Waals surface area contributed by atoms with Crippen LogP contribution in [0, 0.1) is 29.6 Å². The van der Waals surface area contributed by atoms with Crippen molar-refractivity contribution in [3.63, 3.8) is 0 Å². The summed E-state index contributed by atoms with van der Waals surface area (Å²) in [6.45, 7) is 8.39. The van der Waals surface area contributed by atoms with Gasteiger partial charge in [0.05, 0.1) is 43.5 Å². The van der Waals surface area contributed by atoms with Crippen LogP contribution in [-0.4, -0.2) is 68.3 Å². The van der Waals surface area contributed by atoms with Crippen LogP contribution in [0.2, 0.25) is 0 Å². The van der Waals surface area contributed by atoms with E-state index in [9.17, 15) is 19.2 Å². The lowest BCUT2D eigenvalue weighted by Crippen LogP contribution is -2.51. The molecule has 0 radical (unpaired) electrons. The smallest absolute Gasteiger partial charge is 0.328 e. The first-order valence-electron chi connectivity index (χ1n) is 14.6. The zero-order valence-electron chi connectivity index (χ0n) is 23.5. The Hall–Kier alpha value is -2.00. The number of aldehydes is 1. The summed E-state index contributed by atoms with van der Waals surface area (Å²) in [5.41, 5.74) is 0. The third kappa shape index (κ3) is 7.56. The van der Waals surface area contributed by atoms with E-state index >= 15 is 0 Å². The fourth-order valence-corrected chi connectivity index (χ4v) is 7.37. The van der Waals surface area contributed by atoms with Crippen LogP contribution in [0.15, 0.2) is 0 Å². The number of rotatable bonds is 10. The Morgan fingerprint density at radius 2 is 1.37 bits per heavy atom. The average Bonchev–Trinajstić information content (AvgIpc) is 3.55. The van der Waals surface area contributed by atoms with Gasteiger partial charge in [-0.2, -0.15) is 0 Å². The topological polar surface area (TPSA) is 117 Å². The minimum Gasteiger partial charge on any atom is -0.466 e. The summed E-state index contributed by atoms with van der Waals surface area (Å²) >= 11 is 0. The molecule has 2 aliphatic carbocycles. The molecule has 0 unspecified atom stereocenters. The molecule has 1 N–H and O–H groups in total. The molecule has 216 valence electrons. The minimum atomic E-state index is -0.533. The molecule has 0 aromatic rings. The maximum atomic E-state index is 12.1. The van der Waals surface area contributed by atoms with E-state index in [1.165, 1.54) is 0 Å². The van der Waals surface area contributed by atoms with Gasteiger partial charge < -0.3 is 29.1 Å². The zero-order chi connectivity index (χ0) is 27.7.